The van der Waals surface area contributed by atoms with Gasteiger partial charge in [-0.2, -0.15) is 0 Å². The number of benzene rings is 2. The molecule has 0 aliphatic rings. The standard InChI is InChI=1S/C19H18N2O3/c1-2-11-24-19(23)13-7-9-15(10-8-13)20-18(22)17-12-14-5-3-4-6-16(14)21-17/h3-10,12,21H,2,11H2,1H3,(H,20,22). The number of ether oxygens (including phenoxy) is 1. The van der Waals surface area contributed by atoms with Gasteiger partial charge < -0.3 is 15.0 Å². The molecule has 0 saturated heterocycles. The molecule has 0 atom stereocenters. The fourth-order valence-corrected chi connectivity index (χ4v) is 2.36. The van der Waals surface area contributed by atoms with Gasteiger partial charge >= 0.3 is 5.97 Å². The molecule has 0 bridgehead atoms. The Morgan fingerprint density at radius 3 is 2.54 bits per heavy atom. The maximum Gasteiger partial charge on any atom is 0.338 e. The summed E-state index contributed by atoms with van der Waals surface area (Å²) in [5, 5.41) is 3.79. The number of carbonyl (C=O) groups excluding carboxylic acids is 2. The second-order valence-electron chi connectivity index (χ2n) is 5.44. The van der Waals surface area contributed by atoms with E-state index < -0.39 is 0 Å². The number of fused-ring (bicyclic) bond motifs is 1. The minimum Gasteiger partial charge on any atom is -0.462 e. The van der Waals surface area contributed by atoms with Crippen LogP contribution in [0.1, 0.15) is 34.2 Å². The van der Waals surface area contributed by atoms with E-state index in [1.54, 1.807) is 30.3 Å². The molecule has 2 N–H and O–H groups in total. The van der Waals surface area contributed by atoms with E-state index >= 15 is 0 Å². The first kappa shape index (κ1) is 15.8. The molecule has 5 nitrogen and oxygen atoms in total. The average molecular weight is 322 g/mol. The summed E-state index contributed by atoms with van der Waals surface area (Å²) in [5.41, 5.74) is 2.48. The van der Waals surface area contributed by atoms with E-state index in [1.807, 2.05) is 31.2 Å². The summed E-state index contributed by atoms with van der Waals surface area (Å²) < 4.78 is 5.07. The molecule has 5 heteroatoms. The van der Waals surface area contributed by atoms with Crippen molar-refractivity contribution in [1.82, 2.24) is 4.98 Å². The van der Waals surface area contributed by atoms with E-state index in [4.69, 9.17) is 4.74 Å². The van der Waals surface area contributed by atoms with Crippen LogP contribution in [0.25, 0.3) is 10.9 Å². The van der Waals surface area contributed by atoms with Crippen molar-refractivity contribution >= 4 is 28.5 Å². The van der Waals surface area contributed by atoms with Crippen molar-refractivity contribution < 1.29 is 14.3 Å². The molecular weight excluding hydrogens is 304 g/mol. The highest BCUT2D eigenvalue weighted by Crippen LogP contribution is 2.17. The first-order valence-corrected chi connectivity index (χ1v) is 7.83. The molecule has 3 rings (SSSR count). The van der Waals surface area contributed by atoms with Gasteiger partial charge in [-0.3, -0.25) is 4.79 Å². The molecule has 2 aromatic carbocycles. The van der Waals surface area contributed by atoms with Crippen LogP contribution in [0.15, 0.2) is 54.6 Å². The van der Waals surface area contributed by atoms with Crippen LogP contribution < -0.4 is 5.32 Å². The lowest BCUT2D eigenvalue weighted by Crippen LogP contribution is -2.12. The van der Waals surface area contributed by atoms with Gasteiger partial charge in [0.1, 0.15) is 5.69 Å². The normalized spacial score (nSPS) is 10.5. The molecule has 0 spiro atoms. The van der Waals surface area contributed by atoms with Crippen molar-refractivity contribution in [2.45, 2.75) is 13.3 Å². The zero-order valence-corrected chi connectivity index (χ0v) is 13.3. The van der Waals surface area contributed by atoms with Crippen LogP contribution in [-0.4, -0.2) is 23.5 Å². The summed E-state index contributed by atoms with van der Waals surface area (Å²) in [6.07, 6.45) is 0.782. The van der Waals surface area contributed by atoms with Gasteiger partial charge in [0, 0.05) is 16.6 Å². The van der Waals surface area contributed by atoms with Crippen LogP contribution in [0.5, 0.6) is 0 Å². The molecule has 3 aromatic rings. The lowest BCUT2D eigenvalue weighted by atomic mass is 10.2. The van der Waals surface area contributed by atoms with E-state index in [2.05, 4.69) is 10.3 Å². The zero-order chi connectivity index (χ0) is 16.9. The first-order valence-electron chi connectivity index (χ1n) is 7.83. The average Bonchev–Trinajstić information content (AvgIpc) is 3.04. The van der Waals surface area contributed by atoms with Crippen molar-refractivity contribution in [3.63, 3.8) is 0 Å². The largest absolute Gasteiger partial charge is 0.462 e. The monoisotopic (exact) mass is 322 g/mol. The van der Waals surface area contributed by atoms with Gasteiger partial charge in [0.15, 0.2) is 0 Å². The Bertz CT molecular complexity index is 833. The molecule has 0 radical (unpaired) electrons. The minimum absolute atomic E-state index is 0.229. The number of hydrogen-bond acceptors (Lipinski definition) is 3. The smallest absolute Gasteiger partial charge is 0.338 e. The Morgan fingerprint density at radius 1 is 1.08 bits per heavy atom. The molecule has 1 amide bonds. The number of carbonyl (C=O) groups is 2. The second kappa shape index (κ2) is 7.00. The fraction of sp³-hybridized carbons (Fsp3) is 0.158. The van der Waals surface area contributed by atoms with Crippen LogP contribution in [0, 0.1) is 0 Å². The fourth-order valence-electron chi connectivity index (χ4n) is 2.36. The van der Waals surface area contributed by atoms with Gasteiger partial charge in [-0.05, 0) is 42.8 Å². The first-order chi connectivity index (χ1) is 11.7. The van der Waals surface area contributed by atoms with E-state index in [0.717, 1.165) is 17.3 Å². The number of para-hydroxylation sites is 1. The van der Waals surface area contributed by atoms with Gasteiger partial charge in [-0.1, -0.05) is 25.1 Å². The summed E-state index contributed by atoms with van der Waals surface area (Å²) in [6.45, 7) is 2.34. The minimum atomic E-state index is -0.356. The number of hydrogen-bond donors (Lipinski definition) is 2. The zero-order valence-electron chi connectivity index (χ0n) is 13.3. The Labute approximate surface area is 139 Å². The number of aromatic nitrogens is 1. The number of aromatic amines is 1. The number of esters is 1. The van der Waals surface area contributed by atoms with Crippen molar-refractivity contribution in [3.8, 4) is 0 Å². The third kappa shape index (κ3) is 3.46. The third-order valence-corrected chi connectivity index (χ3v) is 3.59. The SMILES string of the molecule is CCCOC(=O)c1ccc(NC(=O)c2cc3ccccc3[nH]2)cc1. The van der Waals surface area contributed by atoms with E-state index in [9.17, 15) is 9.59 Å². The lowest BCUT2D eigenvalue weighted by molar-refractivity contribution is 0.0505. The molecular formula is C19H18N2O3. The van der Waals surface area contributed by atoms with E-state index in [-0.39, 0.29) is 11.9 Å². The molecule has 0 fully saturated rings. The predicted molar refractivity (Wildman–Crippen MR) is 93.3 cm³/mol. The third-order valence-electron chi connectivity index (χ3n) is 3.59. The summed E-state index contributed by atoms with van der Waals surface area (Å²) in [4.78, 5) is 27.1. The molecule has 122 valence electrons. The maximum atomic E-state index is 12.3. The Morgan fingerprint density at radius 2 is 1.83 bits per heavy atom. The highest BCUT2D eigenvalue weighted by atomic mass is 16.5. The summed E-state index contributed by atoms with van der Waals surface area (Å²) in [5.74, 6) is -0.585. The second-order valence-corrected chi connectivity index (χ2v) is 5.44. The molecule has 0 aliphatic carbocycles. The topological polar surface area (TPSA) is 71.2 Å². The van der Waals surface area contributed by atoms with Gasteiger partial charge in [-0.25, -0.2) is 4.79 Å². The van der Waals surface area contributed by atoms with Gasteiger partial charge in [-0.15, -0.1) is 0 Å². The van der Waals surface area contributed by atoms with Crippen molar-refractivity contribution in [3.05, 3.63) is 65.9 Å². The predicted octanol–water partition coefficient (Wildman–Crippen LogP) is 3.99. The summed E-state index contributed by atoms with van der Waals surface area (Å²) in [7, 11) is 0. The number of H-pyrrole nitrogens is 1. The summed E-state index contributed by atoms with van der Waals surface area (Å²) >= 11 is 0. The van der Waals surface area contributed by atoms with Gasteiger partial charge in [0.25, 0.3) is 5.91 Å². The van der Waals surface area contributed by atoms with Gasteiger partial charge in [0.05, 0.1) is 12.2 Å². The number of anilines is 1. The van der Waals surface area contributed by atoms with Crippen LogP contribution in [-0.2, 0) is 4.74 Å². The highest BCUT2D eigenvalue weighted by molar-refractivity contribution is 6.06. The molecule has 24 heavy (non-hydrogen) atoms. The van der Waals surface area contributed by atoms with E-state index in [0.29, 0.717) is 23.6 Å². The number of amides is 1. The number of nitrogens with one attached hydrogen (secondary N) is 2. The molecule has 0 saturated carbocycles. The van der Waals surface area contributed by atoms with Crippen LogP contribution in [0.4, 0.5) is 5.69 Å². The van der Waals surface area contributed by atoms with Crippen LogP contribution in [0.3, 0.4) is 0 Å². The van der Waals surface area contributed by atoms with Crippen molar-refractivity contribution in [2.24, 2.45) is 0 Å². The Kier molecular flexibility index (Phi) is 4.61. The summed E-state index contributed by atoms with van der Waals surface area (Å²) in [6, 6.07) is 16.2. The Balaban J connectivity index is 1.69. The number of rotatable bonds is 5. The van der Waals surface area contributed by atoms with E-state index in [1.165, 1.54) is 0 Å². The van der Waals surface area contributed by atoms with Gasteiger partial charge in [0.2, 0.25) is 0 Å². The molecule has 0 aliphatic heterocycles. The quantitative estimate of drug-likeness (QED) is 0.698. The maximum absolute atomic E-state index is 12.3. The van der Waals surface area contributed by atoms with Crippen molar-refractivity contribution in [2.75, 3.05) is 11.9 Å². The molecule has 1 aromatic heterocycles. The van der Waals surface area contributed by atoms with Crippen molar-refractivity contribution in [1.29, 1.82) is 0 Å². The molecule has 0 unspecified atom stereocenters. The van der Waals surface area contributed by atoms with Crippen LogP contribution >= 0.6 is 0 Å². The van der Waals surface area contributed by atoms with Crippen LogP contribution in [0.2, 0.25) is 0 Å². The Hall–Kier alpha value is -3.08. The lowest BCUT2D eigenvalue weighted by Gasteiger charge is -2.06. The molecule has 1 heterocycles. The highest BCUT2D eigenvalue weighted by Gasteiger charge is 2.11.